The van der Waals surface area contributed by atoms with Crippen molar-refractivity contribution in [3.63, 3.8) is 0 Å². The van der Waals surface area contributed by atoms with E-state index in [4.69, 9.17) is 4.74 Å². The molecule has 0 radical (unpaired) electrons. The average molecular weight is 188 g/mol. The van der Waals surface area contributed by atoms with Gasteiger partial charge in [-0.2, -0.15) is 0 Å². The quantitative estimate of drug-likeness (QED) is 0.463. The van der Waals surface area contributed by atoms with Crippen LogP contribution < -0.4 is 0 Å². The maximum Gasteiger partial charge on any atom is 0.315 e. The molecule has 4 nitrogen and oxygen atoms in total. The lowest BCUT2D eigenvalue weighted by molar-refractivity contribution is -0.159. The summed E-state index contributed by atoms with van der Waals surface area (Å²) in [4.78, 5) is 21.4. The van der Waals surface area contributed by atoms with Crippen LogP contribution >= 0.6 is 0 Å². The van der Waals surface area contributed by atoms with Gasteiger partial charge in [-0.3, -0.25) is 9.59 Å². The Morgan fingerprint density at radius 3 is 2.46 bits per heavy atom. The Morgan fingerprint density at radius 2 is 2.08 bits per heavy atom. The third kappa shape index (κ3) is 3.44. The van der Waals surface area contributed by atoms with E-state index >= 15 is 0 Å². The summed E-state index contributed by atoms with van der Waals surface area (Å²) in [6, 6.07) is 0. The van der Waals surface area contributed by atoms with Crippen LogP contribution in [0.25, 0.3) is 0 Å². The van der Waals surface area contributed by atoms with Crippen LogP contribution in [0.4, 0.5) is 0 Å². The highest BCUT2D eigenvalue weighted by Gasteiger charge is 2.33. The van der Waals surface area contributed by atoms with Crippen LogP contribution in [0.3, 0.4) is 0 Å². The van der Waals surface area contributed by atoms with Crippen molar-refractivity contribution in [1.82, 2.24) is 0 Å². The highest BCUT2D eigenvalue weighted by Crippen LogP contribution is 2.23. The van der Waals surface area contributed by atoms with Gasteiger partial charge in [0.25, 0.3) is 6.47 Å². The largest absolute Gasteiger partial charge is 0.467 e. The van der Waals surface area contributed by atoms with Crippen molar-refractivity contribution < 1.29 is 19.1 Å². The Kier molecular flexibility index (Phi) is 5.11. The van der Waals surface area contributed by atoms with Crippen molar-refractivity contribution in [3.05, 3.63) is 0 Å². The zero-order valence-corrected chi connectivity index (χ0v) is 8.33. The molecule has 0 saturated heterocycles. The number of hydrogen-bond donors (Lipinski definition) is 0. The van der Waals surface area contributed by atoms with Crippen LogP contribution in [0, 0.1) is 5.41 Å². The predicted molar refractivity (Wildman–Crippen MR) is 47.0 cm³/mol. The Morgan fingerprint density at radius 1 is 1.46 bits per heavy atom. The fourth-order valence-electron chi connectivity index (χ4n) is 0.829. The Hall–Kier alpha value is -1.06. The molecule has 0 heterocycles. The second kappa shape index (κ2) is 5.56. The molecule has 0 aliphatic carbocycles. The molecule has 76 valence electrons. The number of hydrogen-bond acceptors (Lipinski definition) is 4. The van der Waals surface area contributed by atoms with Gasteiger partial charge in [-0.05, 0) is 20.3 Å². The fraction of sp³-hybridized carbons (Fsp3) is 0.778. The molecule has 4 heteroatoms. The lowest BCUT2D eigenvalue weighted by Crippen LogP contribution is -2.34. The molecule has 1 atom stereocenters. The van der Waals surface area contributed by atoms with Crippen molar-refractivity contribution in [2.24, 2.45) is 5.41 Å². The van der Waals surface area contributed by atoms with Gasteiger partial charge in [0.05, 0.1) is 12.0 Å². The first-order valence-corrected chi connectivity index (χ1v) is 4.33. The number of ether oxygens (including phenoxy) is 2. The van der Waals surface area contributed by atoms with Crippen LogP contribution in [0.2, 0.25) is 0 Å². The molecule has 0 bridgehead atoms. The summed E-state index contributed by atoms with van der Waals surface area (Å²) in [6.45, 7) is 6.07. The summed E-state index contributed by atoms with van der Waals surface area (Å²) >= 11 is 0. The summed E-state index contributed by atoms with van der Waals surface area (Å²) in [6.07, 6.45) is 0.583. The number of carbonyl (C=O) groups excluding carboxylic acids is 2. The van der Waals surface area contributed by atoms with E-state index in [1.54, 1.807) is 13.8 Å². The summed E-state index contributed by atoms with van der Waals surface area (Å²) in [7, 11) is 0. The maximum absolute atomic E-state index is 11.4. The fourth-order valence-corrected chi connectivity index (χ4v) is 0.829. The zero-order chi connectivity index (χ0) is 10.3. The van der Waals surface area contributed by atoms with Crippen molar-refractivity contribution >= 4 is 12.4 Å². The predicted octanol–water partition coefficient (Wildman–Crippen LogP) is 1.14. The third-order valence-electron chi connectivity index (χ3n) is 2.02. The van der Waals surface area contributed by atoms with Crippen LogP contribution in [0.15, 0.2) is 0 Å². The Labute approximate surface area is 78.2 Å². The van der Waals surface area contributed by atoms with Crippen molar-refractivity contribution in [1.29, 1.82) is 0 Å². The first kappa shape index (κ1) is 11.9. The lowest BCUT2D eigenvalue weighted by Gasteiger charge is -2.23. The molecule has 0 spiro atoms. The minimum atomic E-state index is -0.711. The number of rotatable bonds is 6. The van der Waals surface area contributed by atoms with Crippen molar-refractivity contribution in [2.45, 2.75) is 27.2 Å². The highest BCUT2D eigenvalue weighted by molar-refractivity contribution is 5.76. The van der Waals surface area contributed by atoms with E-state index in [0.717, 1.165) is 0 Å². The van der Waals surface area contributed by atoms with Crippen molar-refractivity contribution in [3.8, 4) is 0 Å². The van der Waals surface area contributed by atoms with Gasteiger partial charge in [-0.15, -0.1) is 0 Å². The molecule has 0 aliphatic heterocycles. The van der Waals surface area contributed by atoms with Crippen LogP contribution in [0.5, 0.6) is 0 Å². The molecule has 0 aromatic heterocycles. The molecule has 0 aromatic rings. The topological polar surface area (TPSA) is 52.6 Å². The van der Waals surface area contributed by atoms with E-state index in [1.165, 1.54) is 0 Å². The third-order valence-corrected chi connectivity index (χ3v) is 2.02. The van der Waals surface area contributed by atoms with E-state index in [0.29, 0.717) is 19.5 Å². The molecule has 13 heavy (non-hydrogen) atoms. The van der Waals surface area contributed by atoms with E-state index < -0.39 is 5.41 Å². The van der Waals surface area contributed by atoms with Gasteiger partial charge in [0, 0.05) is 0 Å². The Bertz CT molecular complexity index is 178. The second-order valence-corrected chi connectivity index (χ2v) is 3.04. The molecule has 0 saturated carbocycles. The number of esters is 1. The summed E-state index contributed by atoms with van der Waals surface area (Å²) in [5, 5.41) is 0. The van der Waals surface area contributed by atoms with Gasteiger partial charge >= 0.3 is 5.97 Å². The normalized spacial score (nSPS) is 14.4. The molecule has 0 N–H and O–H groups in total. The second-order valence-electron chi connectivity index (χ2n) is 3.04. The molecule has 0 aromatic carbocycles. The zero-order valence-electron chi connectivity index (χ0n) is 8.33. The molecule has 0 amide bonds. The minimum absolute atomic E-state index is 0.0752. The van der Waals surface area contributed by atoms with E-state index in [9.17, 15) is 9.59 Å². The molecule has 1 unspecified atom stereocenters. The molecule has 0 fully saturated rings. The number of carbonyl (C=O) groups is 2. The van der Waals surface area contributed by atoms with E-state index in [-0.39, 0.29) is 12.6 Å². The monoisotopic (exact) mass is 188 g/mol. The molecular weight excluding hydrogens is 172 g/mol. The Balaban J connectivity index is 4.23. The molecule has 0 rings (SSSR count). The van der Waals surface area contributed by atoms with Gasteiger partial charge in [-0.1, -0.05) is 6.92 Å². The van der Waals surface area contributed by atoms with Gasteiger partial charge in [0.2, 0.25) is 0 Å². The van der Waals surface area contributed by atoms with E-state index in [1.807, 2.05) is 6.92 Å². The van der Waals surface area contributed by atoms with Gasteiger partial charge in [0.15, 0.2) is 0 Å². The molecule has 0 aliphatic rings. The first-order chi connectivity index (χ1) is 6.10. The van der Waals surface area contributed by atoms with Crippen LogP contribution in [-0.2, 0) is 19.1 Å². The maximum atomic E-state index is 11.4. The van der Waals surface area contributed by atoms with Gasteiger partial charge in [0.1, 0.15) is 6.61 Å². The van der Waals surface area contributed by atoms with Crippen molar-refractivity contribution in [2.75, 3.05) is 13.2 Å². The van der Waals surface area contributed by atoms with Gasteiger partial charge < -0.3 is 9.47 Å². The molecular formula is C9H16O4. The summed E-state index contributed by atoms with van der Waals surface area (Å²) < 4.78 is 9.44. The average Bonchev–Trinajstić information content (AvgIpc) is 2.14. The van der Waals surface area contributed by atoms with Crippen LogP contribution in [0.1, 0.15) is 27.2 Å². The standard InChI is InChI=1S/C9H16O4/c1-4-9(3,6-12-7-10)8(11)13-5-2/h7H,4-6H2,1-3H3. The SMILES string of the molecule is CCOC(=O)C(C)(CC)COC=O. The van der Waals surface area contributed by atoms with Crippen LogP contribution in [-0.4, -0.2) is 25.7 Å². The summed E-state index contributed by atoms with van der Waals surface area (Å²) in [5.41, 5.74) is -0.711. The highest BCUT2D eigenvalue weighted by atomic mass is 16.5. The first-order valence-electron chi connectivity index (χ1n) is 4.33. The van der Waals surface area contributed by atoms with E-state index in [2.05, 4.69) is 4.74 Å². The smallest absolute Gasteiger partial charge is 0.315 e. The lowest BCUT2D eigenvalue weighted by atomic mass is 9.89. The van der Waals surface area contributed by atoms with Gasteiger partial charge in [-0.25, -0.2) is 0 Å². The minimum Gasteiger partial charge on any atom is -0.467 e. The summed E-state index contributed by atoms with van der Waals surface area (Å²) in [5.74, 6) is -0.320.